The smallest absolute Gasteiger partial charge is 0.0462 e. The fourth-order valence-corrected chi connectivity index (χ4v) is 1.72. The molecule has 3 nitrogen and oxygen atoms in total. The molecule has 0 aliphatic carbocycles. The van der Waals surface area contributed by atoms with Crippen molar-refractivity contribution in [1.82, 2.24) is 9.88 Å². The minimum absolute atomic E-state index is 0.870. The number of aryl methyl sites for hydroxylation is 1. The molecule has 0 saturated heterocycles. The van der Waals surface area contributed by atoms with Crippen molar-refractivity contribution in [3.63, 3.8) is 0 Å². The number of ether oxygens (including phenoxy) is 1. The largest absolute Gasteiger partial charge is 0.385 e. The summed E-state index contributed by atoms with van der Waals surface area (Å²) in [4.78, 5) is 0. The zero-order valence-corrected chi connectivity index (χ0v) is 10.5. The Kier molecular flexibility index (Phi) is 6.93. The van der Waals surface area contributed by atoms with E-state index in [1.807, 2.05) is 0 Å². The molecule has 1 aromatic rings. The summed E-state index contributed by atoms with van der Waals surface area (Å²) < 4.78 is 7.26. The molecule has 1 aromatic heterocycles. The lowest BCUT2D eigenvalue weighted by Gasteiger charge is -2.03. The fourth-order valence-electron chi connectivity index (χ4n) is 1.72. The van der Waals surface area contributed by atoms with Crippen LogP contribution in [0.1, 0.15) is 31.7 Å². The zero-order chi connectivity index (χ0) is 11.6. The number of hydrogen-bond acceptors (Lipinski definition) is 2. The summed E-state index contributed by atoms with van der Waals surface area (Å²) in [5.41, 5.74) is 1.38. The first-order chi connectivity index (χ1) is 7.86. The van der Waals surface area contributed by atoms with E-state index in [1.54, 1.807) is 7.11 Å². The van der Waals surface area contributed by atoms with Gasteiger partial charge in [0.25, 0.3) is 0 Å². The first-order valence-electron chi connectivity index (χ1n) is 6.21. The molecular weight excluding hydrogens is 200 g/mol. The van der Waals surface area contributed by atoms with Crippen molar-refractivity contribution in [1.29, 1.82) is 0 Å². The molecule has 1 N–H and O–H groups in total. The lowest BCUT2D eigenvalue weighted by atomic mass is 10.3. The van der Waals surface area contributed by atoms with Gasteiger partial charge in [0.1, 0.15) is 0 Å². The van der Waals surface area contributed by atoms with Crippen LogP contribution in [-0.4, -0.2) is 24.8 Å². The van der Waals surface area contributed by atoms with Crippen LogP contribution in [0.5, 0.6) is 0 Å². The first-order valence-corrected chi connectivity index (χ1v) is 6.21. The Bertz CT molecular complexity index is 271. The first kappa shape index (κ1) is 13.3. The van der Waals surface area contributed by atoms with Gasteiger partial charge >= 0.3 is 0 Å². The van der Waals surface area contributed by atoms with Crippen LogP contribution >= 0.6 is 0 Å². The molecule has 0 saturated carbocycles. The minimum atomic E-state index is 0.870. The Morgan fingerprint density at radius 3 is 3.00 bits per heavy atom. The highest BCUT2D eigenvalue weighted by molar-refractivity contribution is 5.09. The third-order valence-electron chi connectivity index (χ3n) is 2.57. The van der Waals surface area contributed by atoms with E-state index in [2.05, 4.69) is 35.3 Å². The number of hydrogen-bond donors (Lipinski definition) is 1. The summed E-state index contributed by atoms with van der Waals surface area (Å²) >= 11 is 0. The summed E-state index contributed by atoms with van der Waals surface area (Å²) in [6.45, 7) is 6.24. The van der Waals surface area contributed by atoms with Gasteiger partial charge in [-0.1, -0.05) is 6.92 Å². The van der Waals surface area contributed by atoms with Gasteiger partial charge in [-0.3, -0.25) is 0 Å². The van der Waals surface area contributed by atoms with E-state index in [0.717, 1.165) is 32.7 Å². The zero-order valence-electron chi connectivity index (χ0n) is 10.5. The Hall–Kier alpha value is -0.800. The van der Waals surface area contributed by atoms with E-state index in [0.29, 0.717) is 0 Å². The van der Waals surface area contributed by atoms with Gasteiger partial charge in [-0.05, 0) is 37.4 Å². The van der Waals surface area contributed by atoms with E-state index in [-0.39, 0.29) is 0 Å². The molecule has 0 radical (unpaired) electrons. The van der Waals surface area contributed by atoms with E-state index >= 15 is 0 Å². The van der Waals surface area contributed by atoms with Crippen molar-refractivity contribution in [2.45, 2.75) is 39.3 Å². The third kappa shape index (κ3) is 5.33. The van der Waals surface area contributed by atoms with E-state index in [9.17, 15) is 0 Å². The van der Waals surface area contributed by atoms with Gasteiger partial charge in [0.05, 0.1) is 0 Å². The highest BCUT2D eigenvalue weighted by atomic mass is 16.5. The molecule has 16 heavy (non-hydrogen) atoms. The van der Waals surface area contributed by atoms with Gasteiger partial charge in [0, 0.05) is 39.2 Å². The molecular formula is C13H24N2O. The van der Waals surface area contributed by atoms with Gasteiger partial charge in [0.2, 0.25) is 0 Å². The topological polar surface area (TPSA) is 26.2 Å². The maximum absolute atomic E-state index is 5.01. The highest BCUT2D eigenvalue weighted by Crippen LogP contribution is 2.02. The molecule has 3 heteroatoms. The van der Waals surface area contributed by atoms with Crippen LogP contribution in [-0.2, 0) is 17.8 Å². The Morgan fingerprint density at radius 2 is 2.25 bits per heavy atom. The molecule has 1 rings (SSSR count). The number of methoxy groups -OCH3 is 1. The van der Waals surface area contributed by atoms with Gasteiger partial charge < -0.3 is 14.6 Å². The maximum atomic E-state index is 5.01. The highest BCUT2D eigenvalue weighted by Gasteiger charge is 1.95. The number of nitrogens with one attached hydrogen (secondary N) is 1. The molecule has 1 heterocycles. The second-order valence-corrected chi connectivity index (χ2v) is 4.13. The Labute approximate surface area is 98.8 Å². The SMILES string of the molecule is CCCn1ccc(CNCCCCOC)c1. The summed E-state index contributed by atoms with van der Waals surface area (Å²) in [5, 5.41) is 3.45. The number of unbranched alkanes of at least 4 members (excludes halogenated alkanes) is 1. The van der Waals surface area contributed by atoms with Crippen LogP contribution in [0.2, 0.25) is 0 Å². The van der Waals surface area contributed by atoms with Crippen molar-refractivity contribution < 1.29 is 4.74 Å². The molecule has 92 valence electrons. The maximum Gasteiger partial charge on any atom is 0.0462 e. The number of nitrogens with zero attached hydrogens (tertiary/aromatic N) is 1. The minimum Gasteiger partial charge on any atom is -0.385 e. The van der Waals surface area contributed by atoms with E-state index in [1.165, 1.54) is 18.4 Å². The summed E-state index contributed by atoms with van der Waals surface area (Å²) in [6.07, 6.45) is 7.90. The van der Waals surface area contributed by atoms with Crippen LogP contribution in [0.25, 0.3) is 0 Å². The molecule has 0 fully saturated rings. The lowest BCUT2D eigenvalue weighted by molar-refractivity contribution is 0.192. The molecule has 0 spiro atoms. The fraction of sp³-hybridized carbons (Fsp3) is 0.692. The van der Waals surface area contributed by atoms with Crippen molar-refractivity contribution in [3.05, 3.63) is 24.0 Å². The second kappa shape index (κ2) is 8.36. The van der Waals surface area contributed by atoms with Crippen molar-refractivity contribution >= 4 is 0 Å². The van der Waals surface area contributed by atoms with Gasteiger partial charge in [-0.25, -0.2) is 0 Å². The van der Waals surface area contributed by atoms with Gasteiger partial charge in [0.15, 0.2) is 0 Å². The molecule has 0 aliphatic rings. The Morgan fingerprint density at radius 1 is 1.38 bits per heavy atom. The normalized spacial score (nSPS) is 10.9. The number of aromatic nitrogens is 1. The molecule has 0 atom stereocenters. The van der Waals surface area contributed by atoms with E-state index < -0.39 is 0 Å². The predicted molar refractivity (Wildman–Crippen MR) is 67.5 cm³/mol. The Balaban J connectivity index is 2.07. The molecule has 0 amide bonds. The quantitative estimate of drug-likeness (QED) is 0.652. The summed E-state index contributed by atoms with van der Waals surface area (Å²) in [6, 6.07) is 2.19. The van der Waals surface area contributed by atoms with Crippen molar-refractivity contribution in [3.8, 4) is 0 Å². The van der Waals surface area contributed by atoms with Crippen LogP contribution in [0.4, 0.5) is 0 Å². The van der Waals surface area contributed by atoms with Gasteiger partial charge in [-0.15, -0.1) is 0 Å². The molecule has 0 unspecified atom stereocenters. The lowest BCUT2D eigenvalue weighted by Crippen LogP contribution is -2.14. The standard InChI is InChI=1S/C13H24N2O/c1-3-8-15-9-6-13(12-15)11-14-7-4-5-10-16-2/h6,9,12,14H,3-5,7-8,10-11H2,1-2H3. The monoisotopic (exact) mass is 224 g/mol. The average Bonchev–Trinajstić information content (AvgIpc) is 2.72. The van der Waals surface area contributed by atoms with Crippen LogP contribution in [0, 0.1) is 0 Å². The third-order valence-corrected chi connectivity index (χ3v) is 2.57. The van der Waals surface area contributed by atoms with Crippen molar-refractivity contribution in [2.24, 2.45) is 0 Å². The average molecular weight is 224 g/mol. The van der Waals surface area contributed by atoms with Crippen molar-refractivity contribution in [2.75, 3.05) is 20.3 Å². The van der Waals surface area contributed by atoms with Crippen LogP contribution in [0.15, 0.2) is 18.5 Å². The number of rotatable bonds is 9. The second-order valence-electron chi connectivity index (χ2n) is 4.13. The molecule has 0 aliphatic heterocycles. The van der Waals surface area contributed by atoms with Gasteiger partial charge in [-0.2, -0.15) is 0 Å². The summed E-state index contributed by atoms with van der Waals surface area (Å²) in [5.74, 6) is 0. The molecule has 0 aromatic carbocycles. The summed E-state index contributed by atoms with van der Waals surface area (Å²) in [7, 11) is 1.75. The predicted octanol–water partition coefficient (Wildman–Crippen LogP) is 2.41. The van der Waals surface area contributed by atoms with Crippen LogP contribution in [0.3, 0.4) is 0 Å². The molecule has 0 bridgehead atoms. The van der Waals surface area contributed by atoms with Crippen LogP contribution < -0.4 is 5.32 Å². The van der Waals surface area contributed by atoms with E-state index in [4.69, 9.17) is 4.74 Å².